The van der Waals surface area contributed by atoms with Crippen molar-refractivity contribution in [1.29, 1.82) is 0 Å². The minimum Gasteiger partial charge on any atom is -0.292 e. The molecule has 0 aliphatic carbocycles. The van der Waals surface area contributed by atoms with Crippen LogP contribution in [0, 0.1) is 11.6 Å². The molecule has 0 unspecified atom stereocenters. The van der Waals surface area contributed by atoms with Crippen molar-refractivity contribution in [3.8, 4) is 0 Å². The number of pyridine rings is 1. The summed E-state index contributed by atoms with van der Waals surface area (Å²) in [6, 6.07) is 5.09. The Morgan fingerprint density at radius 3 is 2.53 bits per heavy atom. The molecule has 0 N–H and O–H groups in total. The maximum absolute atomic E-state index is 13.0. The first kappa shape index (κ1) is 14.3. The van der Waals surface area contributed by atoms with Crippen LogP contribution in [-0.2, 0) is 6.42 Å². The van der Waals surface area contributed by atoms with Gasteiger partial charge >= 0.3 is 0 Å². The lowest BCUT2D eigenvalue weighted by Crippen LogP contribution is -2.07. The SMILES string of the molecule is O=C(Cc1ccc(F)c(F)c1)c1ncc(Br)cc1Br. The van der Waals surface area contributed by atoms with Gasteiger partial charge in [0.05, 0.1) is 0 Å². The van der Waals surface area contributed by atoms with Crippen LogP contribution in [0.25, 0.3) is 0 Å². The first-order valence-electron chi connectivity index (χ1n) is 5.25. The number of Topliss-reactive ketones (excluding diaryl/α,β-unsaturated/α-hetero) is 1. The third-order valence-electron chi connectivity index (χ3n) is 2.42. The summed E-state index contributed by atoms with van der Waals surface area (Å²) < 4.78 is 27.1. The van der Waals surface area contributed by atoms with E-state index in [1.54, 1.807) is 6.07 Å². The summed E-state index contributed by atoms with van der Waals surface area (Å²) in [6.45, 7) is 0. The van der Waals surface area contributed by atoms with Gasteiger partial charge in [-0.1, -0.05) is 6.07 Å². The molecular formula is C13H7Br2F2NO. The van der Waals surface area contributed by atoms with E-state index in [9.17, 15) is 13.6 Å². The van der Waals surface area contributed by atoms with Gasteiger partial charge < -0.3 is 0 Å². The zero-order chi connectivity index (χ0) is 14.0. The summed E-state index contributed by atoms with van der Waals surface area (Å²) in [7, 11) is 0. The third kappa shape index (κ3) is 3.45. The van der Waals surface area contributed by atoms with Crippen molar-refractivity contribution in [2.24, 2.45) is 0 Å². The van der Waals surface area contributed by atoms with Gasteiger partial charge in [-0.2, -0.15) is 0 Å². The topological polar surface area (TPSA) is 30.0 Å². The van der Waals surface area contributed by atoms with Crippen LogP contribution < -0.4 is 0 Å². The highest BCUT2D eigenvalue weighted by Gasteiger charge is 2.14. The van der Waals surface area contributed by atoms with Gasteiger partial charge in [0.2, 0.25) is 0 Å². The van der Waals surface area contributed by atoms with E-state index in [-0.39, 0.29) is 17.9 Å². The predicted octanol–water partition coefficient (Wildman–Crippen LogP) is 4.31. The standard InChI is InChI=1S/C13H7Br2F2NO/c14-8-5-9(15)13(18-6-8)12(19)4-7-1-2-10(16)11(17)3-7/h1-3,5-6H,4H2. The predicted molar refractivity (Wildman–Crippen MR) is 74.0 cm³/mol. The molecule has 2 rings (SSSR count). The zero-order valence-corrected chi connectivity index (χ0v) is 12.6. The molecule has 1 heterocycles. The second kappa shape index (κ2) is 5.88. The van der Waals surface area contributed by atoms with Crippen LogP contribution in [0.4, 0.5) is 8.78 Å². The summed E-state index contributed by atoms with van der Waals surface area (Å²) in [5.74, 6) is -2.17. The normalized spacial score (nSPS) is 10.5. The Kier molecular flexibility index (Phi) is 4.42. The fraction of sp³-hybridized carbons (Fsp3) is 0.0769. The molecule has 2 nitrogen and oxygen atoms in total. The molecule has 0 amide bonds. The lowest BCUT2D eigenvalue weighted by Gasteiger charge is -2.04. The number of rotatable bonds is 3. The molecule has 6 heteroatoms. The number of benzene rings is 1. The van der Waals surface area contributed by atoms with Crippen LogP contribution in [0.3, 0.4) is 0 Å². The molecule has 1 aromatic heterocycles. The quantitative estimate of drug-likeness (QED) is 0.731. The number of aromatic nitrogens is 1. The molecular weight excluding hydrogens is 384 g/mol. The van der Waals surface area contributed by atoms with E-state index in [2.05, 4.69) is 36.8 Å². The fourth-order valence-corrected chi connectivity index (χ4v) is 2.75. The Hall–Kier alpha value is -1.14. The highest BCUT2D eigenvalue weighted by atomic mass is 79.9. The summed E-state index contributed by atoms with van der Waals surface area (Å²) in [5.41, 5.74) is 0.661. The van der Waals surface area contributed by atoms with E-state index < -0.39 is 11.6 Å². The number of hydrogen-bond donors (Lipinski definition) is 0. The van der Waals surface area contributed by atoms with E-state index in [0.29, 0.717) is 10.0 Å². The maximum atomic E-state index is 13.0. The molecule has 0 bridgehead atoms. The van der Waals surface area contributed by atoms with Crippen LogP contribution >= 0.6 is 31.9 Å². The van der Waals surface area contributed by atoms with Crippen molar-refractivity contribution >= 4 is 37.6 Å². The van der Waals surface area contributed by atoms with Gasteiger partial charge in [0.1, 0.15) is 5.69 Å². The van der Waals surface area contributed by atoms with Crippen LogP contribution in [0.2, 0.25) is 0 Å². The Morgan fingerprint density at radius 2 is 1.89 bits per heavy atom. The van der Waals surface area contributed by atoms with Crippen molar-refractivity contribution in [1.82, 2.24) is 4.98 Å². The molecule has 0 fully saturated rings. The summed E-state index contributed by atoms with van der Waals surface area (Å²) in [4.78, 5) is 16.0. The first-order chi connectivity index (χ1) is 8.97. The van der Waals surface area contributed by atoms with E-state index >= 15 is 0 Å². The second-order valence-electron chi connectivity index (χ2n) is 3.83. The smallest absolute Gasteiger partial charge is 0.186 e. The molecule has 98 valence electrons. The third-order valence-corrected chi connectivity index (χ3v) is 3.46. The minimum atomic E-state index is -0.965. The number of nitrogens with zero attached hydrogens (tertiary/aromatic N) is 1. The van der Waals surface area contributed by atoms with Gasteiger partial charge in [-0.15, -0.1) is 0 Å². The highest BCUT2D eigenvalue weighted by Crippen LogP contribution is 2.21. The zero-order valence-electron chi connectivity index (χ0n) is 9.46. The molecule has 1 aromatic carbocycles. The summed E-state index contributed by atoms with van der Waals surface area (Å²) in [6.07, 6.45) is 1.47. The molecule has 0 spiro atoms. The molecule has 0 saturated carbocycles. The lowest BCUT2D eigenvalue weighted by molar-refractivity contribution is 0.0987. The number of hydrogen-bond acceptors (Lipinski definition) is 2. The summed E-state index contributed by atoms with van der Waals surface area (Å²) in [5, 5.41) is 0. The van der Waals surface area contributed by atoms with Crippen LogP contribution in [0.5, 0.6) is 0 Å². The van der Waals surface area contributed by atoms with Gasteiger partial charge in [0.25, 0.3) is 0 Å². The largest absolute Gasteiger partial charge is 0.292 e. The van der Waals surface area contributed by atoms with Crippen molar-refractivity contribution in [3.05, 3.63) is 62.3 Å². The number of carbonyl (C=O) groups is 1. The van der Waals surface area contributed by atoms with Gasteiger partial charge in [-0.05, 0) is 55.6 Å². The minimum absolute atomic E-state index is 0.0373. The number of halogens is 4. The van der Waals surface area contributed by atoms with Gasteiger partial charge in [0.15, 0.2) is 17.4 Å². The molecule has 0 atom stereocenters. The summed E-state index contributed by atoms with van der Waals surface area (Å²) >= 11 is 6.47. The molecule has 0 aliphatic rings. The van der Waals surface area contributed by atoms with Gasteiger partial charge in [0, 0.05) is 21.6 Å². The van der Waals surface area contributed by atoms with Crippen molar-refractivity contribution in [2.45, 2.75) is 6.42 Å². The Balaban J connectivity index is 2.23. The highest BCUT2D eigenvalue weighted by molar-refractivity contribution is 9.11. The number of ketones is 1. The maximum Gasteiger partial charge on any atom is 0.186 e. The molecule has 0 aliphatic heterocycles. The van der Waals surface area contributed by atoms with Crippen molar-refractivity contribution in [3.63, 3.8) is 0 Å². The average Bonchev–Trinajstić information content (AvgIpc) is 2.33. The van der Waals surface area contributed by atoms with Crippen molar-refractivity contribution in [2.75, 3.05) is 0 Å². The second-order valence-corrected chi connectivity index (χ2v) is 5.60. The van der Waals surface area contributed by atoms with Gasteiger partial charge in [-0.3, -0.25) is 9.78 Å². The van der Waals surface area contributed by atoms with Crippen LogP contribution in [0.15, 0.2) is 39.4 Å². The van der Waals surface area contributed by atoms with Gasteiger partial charge in [-0.25, -0.2) is 8.78 Å². The molecule has 0 saturated heterocycles. The Morgan fingerprint density at radius 1 is 1.16 bits per heavy atom. The Labute approximate surface area is 125 Å². The van der Waals surface area contributed by atoms with E-state index in [4.69, 9.17) is 0 Å². The monoisotopic (exact) mass is 389 g/mol. The molecule has 19 heavy (non-hydrogen) atoms. The molecule has 2 aromatic rings. The number of carbonyl (C=O) groups excluding carboxylic acids is 1. The average molecular weight is 391 g/mol. The van der Waals surface area contributed by atoms with Crippen LogP contribution in [-0.4, -0.2) is 10.8 Å². The van der Waals surface area contributed by atoms with E-state index in [1.165, 1.54) is 12.3 Å². The lowest BCUT2D eigenvalue weighted by atomic mass is 10.1. The molecule has 0 radical (unpaired) electrons. The fourth-order valence-electron chi connectivity index (χ4n) is 1.54. The van der Waals surface area contributed by atoms with E-state index in [1.807, 2.05) is 0 Å². The van der Waals surface area contributed by atoms with E-state index in [0.717, 1.165) is 16.6 Å². The van der Waals surface area contributed by atoms with Crippen LogP contribution in [0.1, 0.15) is 16.1 Å². The Bertz CT molecular complexity index is 647. The van der Waals surface area contributed by atoms with Crippen molar-refractivity contribution < 1.29 is 13.6 Å². The first-order valence-corrected chi connectivity index (χ1v) is 6.84.